The van der Waals surface area contributed by atoms with Gasteiger partial charge in [0.05, 0.1) is 0 Å². The van der Waals surface area contributed by atoms with Crippen LogP contribution in [0.5, 0.6) is 0 Å². The van der Waals surface area contributed by atoms with Gasteiger partial charge in [0.1, 0.15) is 0 Å². The second kappa shape index (κ2) is 5.82. The molecule has 0 fully saturated rings. The minimum absolute atomic E-state index is 0.795. The van der Waals surface area contributed by atoms with Gasteiger partial charge in [-0.3, -0.25) is 0 Å². The van der Waals surface area contributed by atoms with Crippen LogP contribution in [0.2, 0.25) is 0 Å². The van der Waals surface area contributed by atoms with Crippen molar-refractivity contribution in [3.05, 3.63) is 35.9 Å². The number of nitrogens with zero attached hydrogens (tertiary/aromatic N) is 1. The molecule has 1 heteroatoms. The average molecular weight is 191 g/mol. The third-order valence-electron chi connectivity index (χ3n) is 2.62. The maximum absolute atomic E-state index is 2.39. The molecule has 0 saturated carbocycles. The third kappa shape index (κ3) is 3.93. The van der Waals surface area contributed by atoms with Gasteiger partial charge in [-0.15, -0.1) is 0 Å². The van der Waals surface area contributed by atoms with Crippen molar-refractivity contribution in [2.75, 3.05) is 13.6 Å². The maximum atomic E-state index is 2.39. The molecule has 1 aromatic carbocycles. The summed E-state index contributed by atoms with van der Waals surface area (Å²) in [6, 6.07) is 10.7. The summed E-state index contributed by atoms with van der Waals surface area (Å²) in [4.78, 5) is 2.39. The van der Waals surface area contributed by atoms with E-state index in [9.17, 15) is 0 Å². The average Bonchev–Trinajstić information content (AvgIpc) is 2.19. The summed E-state index contributed by atoms with van der Waals surface area (Å²) in [5.74, 6) is 0.795. The molecule has 1 unspecified atom stereocenters. The largest absolute Gasteiger partial charge is 0.302 e. The Morgan fingerprint density at radius 2 is 1.86 bits per heavy atom. The molecule has 1 atom stereocenters. The fourth-order valence-corrected chi connectivity index (χ4v) is 1.62. The molecule has 0 bridgehead atoms. The SMILES string of the molecule is CCC(C)CN(C)Cc1ccccc1. The first-order chi connectivity index (χ1) is 6.72. The Morgan fingerprint density at radius 3 is 2.43 bits per heavy atom. The van der Waals surface area contributed by atoms with Gasteiger partial charge in [0.25, 0.3) is 0 Å². The Hall–Kier alpha value is -0.820. The van der Waals surface area contributed by atoms with Crippen LogP contribution < -0.4 is 0 Å². The van der Waals surface area contributed by atoms with Crippen LogP contribution in [0.4, 0.5) is 0 Å². The minimum Gasteiger partial charge on any atom is -0.302 e. The van der Waals surface area contributed by atoms with E-state index in [0.717, 1.165) is 12.5 Å². The second-order valence-corrected chi connectivity index (χ2v) is 4.20. The van der Waals surface area contributed by atoms with E-state index in [1.165, 1.54) is 18.5 Å². The lowest BCUT2D eigenvalue weighted by Crippen LogP contribution is -2.23. The molecule has 0 heterocycles. The van der Waals surface area contributed by atoms with Crippen molar-refractivity contribution in [3.8, 4) is 0 Å². The molecule has 0 N–H and O–H groups in total. The first-order valence-electron chi connectivity index (χ1n) is 5.44. The van der Waals surface area contributed by atoms with E-state index in [-0.39, 0.29) is 0 Å². The summed E-state index contributed by atoms with van der Waals surface area (Å²) in [7, 11) is 2.19. The summed E-state index contributed by atoms with van der Waals surface area (Å²) in [6.07, 6.45) is 1.26. The Morgan fingerprint density at radius 1 is 1.21 bits per heavy atom. The van der Waals surface area contributed by atoms with Gasteiger partial charge in [0.2, 0.25) is 0 Å². The standard InChI is InChI=1S/C13H21N/c1-4-12(2)10-14(3)11-13-8-6-5-7-9-13/h5-9,12H,4,10-11H2,1-3H3. The van der Waals surface area contributed by atoms with Crippen LogP contribution in [0, 0.1) is 5.92 Å². The molecule has 1 nitrogen and oxygen atoms in total. The summed E-state index contributed by atoms with van der Waals surface area (Å²) in [6.45, 7) is 6.80. The van der Waals surface area contributed by atoms with Gasteiger partial charge in [-0.25, -0.2) is 0 Å². The van der Waals surface area contributed by atoms with E-state index in [0.29, 0.717) is 0 Å². The van der Waals surface area contributed by atoms with Crippen molar-refractivity contribution in [2.24, 2.45) is 5.92 Å². The number of rotatable bonds is 5. The lowest BCUT2D eigenvalue weighted by Gasteiger charge is -2.20. The quantitative estimate of drug-likeness (QED) is 0.691. The fourth-order valence-electron chi connectivity index (χ4n) is 1.62. The molecule has 0 amide bonds. The molecule has 14 heavy (non-hydrogen) atoms. The van der Waals surface area contributed by atoms with Crippen molar-refractivity contribution in [1.82, 2.24) is 4.90 Å². The van der Waals surface area contributed by atoms with Crippen LogP contribution in [0.15, 0.2) is 30.3 Å². The number of hydrogen-bond donors (Lipinski definition) is 0. The predicted octanol–water partition coefficient (Wildman–Crippen LogP) is 3.16. The Bertz CT molecular complexity index is 243. The molecular formula is C13H21N. The molecule has 1 aromatic rings. The summed E-state index contributed by atoms with van der Waals surface area (Å²) >= 11 is 0. The zero-order valence-electron chi connectivity index (χ0n) is 9.53. The Labute approximate surface area is 87.7 Å². The van der Waals surface area contributed by atoms with Crippen molar-refractivity contribution < 1.29 is 0 Å². The van der Waals surface area contributed by atoms with Crippen LogP contribution in [-0.2, 0) is 6.54 Å². The highest BCUT2D eigenvalue weighted by Gasteiger charge is 2.04. The highest BCUT2D eigenvalue weighted by atomic mass is 15.1. The molecule has 1 rings (SSSR count). The van der Waals surface area contributed by atoms with Crippen LogP contribution in [0.25, 0.3) is 0 Å². The van der Waals surface area contributed by atoms with Crippen molar-refractivity contribution in [3.63, 3.8) is 0 Å². The molecule has 78 valence electrons. The molecule has 0 saturated heterocycles. The Balaban J connectivity index is 2.37. The number of benzene rings is 1. The van der Waals surface area contributed by atoms with Gasteiger partial charge in [0, 0.05) is 13.1 Å². The Kier molecular flexibility index (Phi) is 4.68. The molecule has 0 spiro atoms. The van der Waals surface area contributed by atoms with Crippen LogP contribution in [0.1, 0.15) is 25.8 Å². The van der Waals surface area contributed by atoms with E-state index in [4.69, 9.17) is 0 Å². The molecule has 0 aromatic heterocycles. The highest BCUT2D eigenvalue weighted by Crippen LogP contribution is 2.07. The molecule has 0 radical (unpaired) electrons. The summed E-state index contributed by atoms with van der Waals surface area (Å²) in [5, 5.41) is 0. The van der Waals surface area contributed by atoms with Crippen LogP contribution in [-0.4, -0.2) is 18.5 Å². The highest BCUT2D eigenvalue weighted by molar-refractivity contribution is 5.14. The summed E-state index contributed by atoms with van der Waals surface area (Å²) < 4.78 is 0. The van der Waals surface area contributed by atoms with E-state index in [1.807, 2.05) is 0 Å². The normalized spacial score (nSPS) is 13.1. The summed E-state index contributed by atoms with van der Waals surface area (Å²) in [5.41, 5.74) is 1.40. The topological polar surface area (TPSA) is 3.24 Å². The zero-order valence-corrected chi connectivity index (χ0v) is 9.53. The van der Waals surface area contributed by atoms with Crippen molar-refractivity contribution >= 4 is 0 Å². The monoisotopic (exact) mass is 191 g/mol. The minimum atomic E-state index is 0.795. The van der Waals surface area contributed by atoms with E-state index in [2.05, 4.69) is 56.1 Å². The lowest BCUT2D eigenvalue weighted by atomic mass is 10.1. The van der Waals surface area contributed by atoms with Gasteiger partial charge < -0.3 is 4.90 Å². The van der Waals surface area contributed by atoms with E-state index >= 15 is 0 Å². The lowest BCUT2D eigenvalue weighted by molar-refractivity contribution is 0.275. The smallest absolute Gasteiger partial charge is 0.0230 e. The fraction of sp³-hybridized carbons (Fsp3) is 0.538. The van der Waals surface area contributed by atoms with E-state index in [1.54, 1.807) is 0 Å². The molecule has 0 aliphatic rings. The van der Waals surface area contributed by atoms with Crippen LogP contribution in [0.3, 0.4) is 0 Å². The van der Waals surface area contributed by atoms with Crippen molar-refractivity contribution in [2.45, 2.75) is 26.8 Å². The first-order valence-corrected chi connectivity index (χ1v) is 5.44. The predicted molar refractivity (Wildman–Crippen MR) is 62.2 cm³/mol. The van der Waals surface area contributed by atoms with Crippen LogP contribution >= 0.6 is 0 Å². The second-order valence-electron chi connectivity index (χ2n) is 4.20. The van der Waals surface area contributed by atoms with Gasteiger partial charge in [-0.2, -0.15) is 0 Å². The van der Waals surface area contributed by atoms with Crippen molar-refractivity contribution in [1.29, 1.82) is 0 Å². The van der Waals surface area contributed by atoms with Gasteiger partial charge in [-0.05, 0) is 18.5 Å². The van der Waals surface area contributed by atoms with Gasteiger partial charge in [0.15, 0.2) is 0 Å². The molecule has 0 aliphatic heterocycles. The number of hydrogen-bond acceptors (Lipinski definition) is 1. The zero-order chi connectivity index (χ0) is 10.4. The van der Waals surface area contributed by atoms with Gasteiger partial charge >= 0.3 is 0 Å². The third-order valence-corrected chi connectivity index (χ3v) is 2.62. The first kappa shape index (κ1) is 11.3. The maximum Gasteiger partial charge on any atom is 0.0230 e. The van der Waals surface area contributed by atoms with E-state index < -0.39 is 0 Å². The van der Waals surface area contributed by atoms with Gasteiger partial charge in [-0.1, -0.05) is 50.6 Å². The molecular weight excluding hydrogens is 170 g/mol. The molecule has 0 aliphatic carbocycles.